The number of sulfone groups is 1. The normalized spacial score (nSPS) is 22.9. The van der Waals surface area contributed by atoms with E-state index in [4.69, 9.17) is 0 Å². The number of carbonyl (C=O) groups excluding carboxylic acids is 1. The van der Waals surface area contributed by atoms with Gasteiger partial charge in [0.1, 0.15) is 0 Å². The zero-order valence-corrected chi connectivity index (χ0v) is 15.4. The van der Waals surface area contributed by atoms with Crippen LogP contribution in [0.5, 0.6) is 0 Å². The third-order valence-corrected chi connectivity index (χ3v) is 6.58. The Morgan fingerprint density at radius 3 is 2.60 bits per heavy atom. The number of aromatic nitrogens is 3. The van der Waals surface area contributed by atoms with Gasteiger partial charge in [-0.2, -0.15) is 10.1 Å². The molecule has 0 spiro atoms. The minimum absolute atomic E-state index is 0.0610. The summed E-state index contributed by atoms with van der Waals surface area (Å²) in [5.41, 5.74) is 0. The lowest BCUT2D eigenvalue weighted by atomic mass is 10.2. The van der Waals surface area contributed by atoms with Crippen molar-refractivity contribution >= 4 is 27.5 Å². The Balaban J connectivity index is 1.74. The maximum atomic E-state index is 11.8. The van der Waals surface area contributed by atoms with E-state index >= 15 is 0 Å². The van der Waals surface area contributed by atoms with Gasteiger partial charge in [-0.05, 0) is 13.3 Å². The summed E-state index contributed by atoms with van der Waals surface area (Å²) in [6.45, 7) is 6.82. The zero-order chi connectivity index (χ0) is 18.0. The van der Waals surface area contributed by atoms with Crippen molar-refractivity contribution in [2.75, 3.05) is 54.0 Å². The maximum Gasteiger partial charge on any atom is 0.247 e. The second-order valence-electron chi connectivity index (χ2n) is 6.45. The molecule has 0 bridgehead atoms. The molecule has 138 valence electrons. The molecule has 3 rings (SSSR count). The lowest BCUT2D eigenvalue weighted by Crippen LogP contribution is -2.48. The van der Waals surface area contributed by atoms with Crippen molar-refractivity contribution in [2.24, 2.45) is 0 Å². The molecule has 2 aliphatic rings. The summed E-state index contributed by atoms with van der Waals surface area (Å²) >= 11 is 0. The number of amides is 1. The molecule has 1 unspecified atom stereocenters. The Kier molecular flexibility index (Phi) is 5.07. The lowest BCUT2D eigenvalue weighted by molar-refractivity contribution is -0.129. The molecule has 0 saturated carbocycles. The van der Waals surface area contributed by atoms with Crippen molar-refractivity contribution in [3.05, 3.63) is 6.20 Å². The minimum atomic E-state index is -2.96. The Morgan fingerprint density at radius 1 is 1.32 bits per heavy atom. The highest BCUT2D eigenvalue weighted by atomic mass is 32.2. The van der Waals surface area contributed by atoms with E-state index in [1.54, 1.807) is 18.0 Å². The van der Waals surface area contributed by atoms with E-state index in [1.165, 1.54) is 0 Å². The molecule has 2 saturated heterocycles. The van der Waals surface area contributed by atoms with E-state index < -0.39 is 9.84 Å². The van der Waals surface area contributed by atoms with Gasteiger partial charge in [0.2, 0.25) is 11.9 Å². The van der Waals surface area contributed by atoms with Gasteiger partial charge in [0.15, 0.2) is 15.7 Å². The van der Waals surface area contributed by atoms with Gasteiger partial charge < -0.3 is 14.7 Å². The van der Waals surface area contributed by atoms with E-state index in [2.05, 4.69) is 15.2 Å². The highest BCUT2D eigenvalue weighted by Gasteiger charge is 2.33. The predicted molar refractivity (Wildman–Crippen MR) is 94.4 cm³/mol. The monoisotopic (exact) mass is 368 g/mol. The van der Waals surface area contributed by atoms with E-state index in [0.717, 1.165) is 0 Å². The first-order valence-electron chi connectivity index (χ1n) is 8.57. The summed E-state index contributed by atoms with van der Waals surface area (Å²) in [6.07, 6.45) is 2.20. The average Bonchev–Trinajstić information content (AvgIpc) is 2.95. The number of nitrogens with zero attached hydrogens (tertiary/aromatic N) is 6. The highest BCUT2D eigenvalue weighted by Crippen LogP contribution is 2.23. The predicted octanol–water partition coefficient (Wildman–Crippen LogP) is -0.446. The van der Waals surface area contributed by atoms with Crippen LogP contribution in [0.25, 0.3) is 0 Å². The molecule has 0 radical (unpaired) electrons. The molecule has 2 aliphatic heterocycles. The number of rotatable bonds is 4. The standard InChI is InChI=1S/C15H24N6O3S/c1-3-21(13-4-9-25(23,24)11-13)14-10-16-18-15(17-14)20-7-5-19(6-8-20)12(2)22/h10,13H,3-9,11H2,1-2H3. The van der Waals surface area contributed by atoms with Gasteiger partial charge in [-0.1, -0.05) is 0 Å². The Hall–Kier alpha value is -1.97. The first-order valence-corrected chi connectivity index (χ1v) is 10.4. The summed E-state index contributed by atoms with van der Waals surface area (Å²) in [7, 11) is -2.96. The number of hydrogen-bond donors (Lipinski definition) is 0. The largest absolute Gasteiger partial charge is 0.351 e. The van der Waals surface area contributed by atoms with Gasteiger partial charge >= 0.3 is 0 Å². The molecule has 0 aliphatic carbocycles. The molecule has 1 aromatic rings. The van der Waals surface area contributed by atoms with Crippen molar-refractivity contribution in [3.63, 3.8) is 0 Å². The summed E-state index contributed by atoms with van der Waals surface area (Å²) in [4.78, 5) is 21.8. The summed E-state index contributed by atoms with van der Waals surface area (Å²) in [6, 6.07) is -0.0610. The molecule has 25 heavy (non-hydrogen) atoms. The van der Waals surface area contributed by atoms with Crippen LogP contribution in [0.3, 0.4) is 0 Å². The van der Waals surface area contributed by atoms with Gasteiger partial charge in [0.05, 0.1) is 17.7 Å². The van der Waals surface area contributed by atoms with Gasteiger partial charge in [-0.15, -0.1) is 5.10 Å². The summed E-state index contributed by atoms with van der Waals surface area (Å²) in [5.74, 6) is 1.65. The van der Waals surface area contributed by atoms with Crippen molar-refractivity contribution in [1.29, 1.82) is 0 Å². The van der Waals surface area contributed by atoms with Crippen LogP contribution in [-0.4, -0.2) is 84.7 Å². The summed E-state index contributed by atoms with van der Waals surface area (Å²) < 4.78 is 23.6. The van der Waals surface area contributed by atoms with Crippen LogP contribution >= 0.6 is 0 Å². The molecule has 1 amide bonds. The quantitative estimate of drug-likeness (QED) is 0.705. The van der Waals surface area contributed by atoms with Crippen LogP contribution in [0.1, 0.15) is 20.3 Å². The topological polar surface area (TPSA) is 99.6 Å². The van der Waals surface area contributed by atoms with Crippen molar-refractivity contribution in [3.8, 4) is 0 Å². The fourth-order valence-electron chi connectivity index (χ4n) is 3.41. The number of anilines is 2. The van der Waals surface area contributed by atoms with E-state index in [1.807, 2.05) is 16.7 Å². The fourth-order valence-corrected chi connectivity index (χ4v) is 5.14. The molecule has 10 heteroatoms. The molecular weight excluding hydrogens is 344 g/mol. The zero-order valence-electron chi connectivity index (χ0n) is 14.6. The average molecular weight is 368 g/mol. The van der Waals surface area contributed by atoms with Crippen LogP contribution in [0, 0.1) is 0 Å². The lowest BCUT2D eigenvalue weighted by Gasteiger charge is -2.34. The summed E-state index contributed by atoms with van der Waals surface area (Å²) in [5, 5.41) is 8.19. The number of hydrogen-bond acceptors (Lipinski definition) is 8. The van der Waals surface area contributed by atoms with Gasteiger partial charge in [0.25, 0.3) is 0 Å². The van der Waals surface area contributed by atoms with Gasteiger partial charge in [-0.3, -0.25) is 4.79 Å². The van der Waals surface area contributed by atoms with Crippen LogP contribution in [0.2, 0.25) is 0 Å². The molecule has 0 N–H and O–H groups in total. The van der Waals surface area contributed by atoms with Crippen molar-refractivity contribution in [2.45, 2.75) is 26.3 Å². The Morgan fingerprint density at radius 2 is 2.04 bits per heavy atom. The number of carbonyl (C=O) groups is 1. The first kappa shape index (κ1) is 17.8. The molecule has 3 heterocycles. The SMILES string of the molecule is CCN(c1cnnc(N2CCN(C(C)=O)CC2)n1)C1CCS(=O)(=O)C1. The van der Waals surface area contributed by atoms with E-state index in [0.29, 0.717) is 50.9 Å². The molecular formula is C15H24N6O3S. The third-order valence-electron chi connectivity index (χ3n) is 4.83. The smallest absolute Gasteiger partial charge is 0.247 e. The molecule has 2 fully saturated rings. The van der Waals surface area contributed by atoms with Crippen LogP contribution in [0.4, 0.5) is 11.8 Å². The number of piperazine rings is 1. The molecule has 9 nitrogen and oxygen atoms in total. The Bertz CT molecular complexity index is 733. The van der Waals surface area contributed by atoms with Crippen molar-refractivity contribution < 1.29 is 13.2 Å². The highest BCUT2D eigenvalue weighted by molar-refractivity contribution is 7.91. The van der Waals surface area contributed by atoms with Crippen LogP contribution in [0.15, 0.2) is 6.20 Å². The molecule has 0 aromatic carbocycles. The second-order valence-corrected chi connectivity index (χ2v) is 8.68. The van der Waals surface area contributed by atoms with E-state index in [-0.39, 0.29) is 23.5 Å². The van der Waals surface area contributed by atoms with Gasteiger partial charge in [0, 0.05) is 45.7 Å². The molecule has 1 atom stereocenters. The second kappa shape index (κ2) is 7.11. The van der Waals surface area contributed by atoms with E-state index in [9.17, 15) is 13.2 Å². The third kappa shape index (κ3) is 4.00. The molecule has 1 aromatic heterocycles. The fraction of sp³-hybridized carbons (Fsp3) is 0.733. The van der Waals surface area contributed by atoms with Gasteiger partial charge in [-0.25, -0.2) is 8.42 Å². The van der Waals surface area contributed by atoms with Crippen LogP contribution < -0.4 is 9.80 Å². The minimum Gasteiger partial charge on any atom is -0.351 e. The maximum absolute atomic E-state index is 11.8. The van der Waals surface area contributed by atoms with Crippen LogP contribution in [-0.2, 0) is 14.6 Å². The first-order chi connectivity index (χ1) is 11.9. The Labute approximate surface area is 147 Å². The van der Waals surface area contributed by atoms with Crippen molar-refractivity contribution in [1.82, 2.24) is 20.1 Å².